The molecular weight excluding hydrogens is 426 g/mol. The number of carbonyl (C=O) groups excluding carboxylic acids is 1. The van der Waals surface area contributed by atoms with Crippen LogP contribution in [-0.2, 0) is 4.79 Å². The van der Waals surface area contributed by atoms with Crippen LogP contribution >= 0.6 is 12.4 Å². The van der Waals surface area contributed by atoms with Gasteiger partial charge in [0.2, 0.25) is 0 Å². The van der Waals surface area contributed by atoms with Crippen LogP contribution in [0, 0.1) is 0 Å². The van der Waals surface area contributed by atoms with Crippen LogP contribution in [0.25, 0.3) is 0 Å². The van der Waals surface area contributed by atoms with E-state index >= 15 is 0 Å². The lowest BCUT2D eigenvalue weighted by molar-refractivity contribution is -0.141. The molecule has 2 aromatic carbocycles. The third kappa shape index (κ3) is 6.69. The Morgan fingerprint density at radius 2 is 1.56 bits per heavy atom. The highest BCUT2D eigenvalue weighted by Crippen LogP contribution is 2.23. The maximum atomic E-state index is 13.0. The van der Waals surface area contributed by atoms with Gasteiger partial charge in [-0.2, -0.15) is 0 Å². The van der Waals surface area contributed by atoms with E-state index in [1.54, 1.807) is 0 Å². The van der Waals surface area contributed by atoms with Gasteiger partial charge in [0.15, 0.2) is 0 Å². The summed E-state index contributed by atoms with van der Waals surface area (Å²) < 4.78 is 1.53. The predicted molar refractivity (Wildman–Crippen MR) is 127 cm³/mol. The van der Waals surface area contributed by atoms with E-state index in [4.69, 9.17) is 0 Å². The van der Waals surface area contributed by atoms with Crippen molar-refractivity contribution in [2.45, 2.75) is 51.1 Å². The molecule has 7 heteroatoms. The van der Waals surface area contributed by atoms with E-state index in [9.17, 15) is 14.7 Å². The number of benzene rings is 2. The highest BCUT2D eigenvalue weighted by atomic mass is 35.5. The number of rotatable bonds is 11. The molecule has 0 aliphatic heterocycles. The number of unbranched alkanes of at least 4 members (excludes halogenated alkanes) is 3. The second kappa shape index (κ2) is 12.7. The SMILES string of the molecule is CCCCCCC(C(=O)O)n1cnc(C(=O)NC(c2ccccc2)c2ccccc2)c1.Cl. The van der Waals surface area contributed by atoms with Gasteiger partial charge in [0.1, 0.15) is 11.7 Å². The van der Waals surface area contributed by atoms with Gasteiger partial charge in [-0.25, -0.2) is 9.78 Å². The average molecular weight is 456 g/mol. The van der Waals surface area contributed by atoms with Crippen LogP contribution in [-0.4, -0.2) is 26.5 Å². The molecule has 0 aliphatic rings. The van der Waals surface area contributed by atoms with Gasteiger partial charge in [0.25, 0.3) is 5.91 Å². The van der Waals surface area contributed by atoms with E-state index < -0.39 is 12.0 Å². The molecule has 6 nitrogen and oxygen atoms in total. The Labute approximate surface area is 195 Å². The molecule has 2 N–H and O–H groups in total. The van der Waals surface area contributed by atoms with Gasteiger partial charge in [-0.3, -0.25) is 4.79 Å². The van der Waals surface area contributed by atoms with E-state index in [0.717, 1.165) is 36.8 Å². The monoisotopic (exact) mass is 455 g/mol. The first-order valence-electron chi connectivity index (χ1n) is 10.8. The summed E-state index contributed by atoms with van der Waals surface area (Å²) >= 11 is 0. The van der Waals surface area contributed by atoms with Crippen LogP contribution in [0.1, 0.15) is 72.7 Å². The van der Waals surface area contributed by atoms with E-state index in [2.05, 4.69) is 17.2 Å². The molecule has 0 spiro atoms. The molecule has 170 valence electrons. The predicted octanol–water partition coefficient (Wildman–Crippen LogP) is 5.42. The lowest BCUT2D eigenvalue weighted by atomic mass is 9.98. The molecule has 0 saturated heterocycles. The minimum atomic E-state index is -0.910. The lowest BCUT2D eigenvalue weighted by Gasteiger charge is -2.19. The number of carboxylic acids is 1. The summed E-state index contributed by atoms with van der Waals surface area (Å²) in [5.41, 5.74) is 2.12. The molecule has 0 saturated carbocycles. The fraction of sp³-hybridized carbons (Fsp3) is 0.320. The number of hydrogen-bond donors (Lipinski definition) is 2. The van der Waals surface area contributed by atoms with Gasteiger partial charge in [0.05, 0.1) is 12.4 Å². The minimum Gasteiger partial charge on any atom is -0.480 e. The summed E-state index contributed by atoms with van der Waals surface area (Å²) in [6.07, 6.45) is 7.49. The van der Waals surface area contributed by atoms with Crippen LogP contribution in [0.5, 0.6) is 0 Å². The molecular formula is C25H30ClN3O3. The standard InChI is InChI=1S/C25H29N3O3.ClH/c1-2-3-4-11-16-22(25(30)31)28-17-21(26-18-28)24(29)27-23(19-12-7-5-8-13-19)20-14-9-6-10-15-20;/h5-10,12-15,17-18,22-23H,2-4,11,16H2,1H3,(H,27,29)(H,30,31);1H. The van der Waals surface area contributed by atoms with E-state index in [1.165, 1.54) is 17.1 Å². The van der Waals surface area contributed by atoms with Crippen molar-refractivity contribution in [1.82, 2.24) is 14.9 Å². The third-order valence-electron chi connectivity index (χ3n) is 5.35. The van der Waals surface area contributed by atoms with E-state index in [-0.39, 0.29) is 30.0 Å². The number of carboxylic acid groups (broad SMARTS) is 1. The molecule has 1 atom stereocenters. The summed E-state index contributed by atoms with van der Waals surface area (Å²) in [6, 6.07) is 18.4. The van der Waals surface area contributed by atoms with Crippen molar-refractivity contribution in [3.63, 3.8) is 0 Å². The van der Waals surface area contributed by atoms with Crippen LogP contribution in [0.2, 0.25) is 0 Å². The summed E-state index contributed by atoms with van der Waals surface area (Å²) in [5, 5.41) is 12.7. The Morgan fingerprint density at radius 3 is 2.09 bits per heavy atom. The molecule has 0 radical (unpaired) electrons. The maximum absolute atomic E-state index is 13.0. The lowest BCUT2D eigenvalue weighted by Crippen LogP contribution is -2.29. The van der Waals surface area contributed by atoms with Crippen molar-refractivity contribution >= 4 is 24.3 Å². The number of hydrogen-bond acceptors (Lipinski definition) is 3. The molecule has 0 bridgehead atoms. The number of nitrogens with one attached hydrogen (secondary N) is 1. The van der Waals surface area contributed by atoms with Crippen LogP contribution in [0.15, 0.2) is 73.2 Å². The Bertz CT molecular complexity index is 937. The normalized spacial score (nSPS) is 11.6. The smallest absolute Gasteiger partial charge is 0.326 e. The van der Waals surface area contributed by atoms with Gasteiger partial charge in [-0.15, -0.1) is 12.4 Å². The molecule has 1 aromatic heterocycles. The summed E-state index contributed by atoms with van der Waals surface area (Å²) in [4.78, 5) is 28.9. The zero-order valence-corrected chi connectivity index (χ0v) is 19.0. The number of aliphatic carboxylic acids is 1. The van der Waals surface area contributed by atoms with Crippen molar-refractivity contribution in [1.29, 1.82) is 0 Å². The molecule has 3 aromatic rings. The van der Waals surface area contributed by atoms with Crippen molar-refractivity contribution in [2.24, 2.45) is 0 Å². The number of imidazole rings is 1. The first kappa shape index (κ1) is 25.1. The molecule has 1 heterocycles. The number of nitrogens with zero attached hydrogens (tertiary/aromatic N) is 2. The van der Waals surface area contributed by atoms with Crippen LogP contribution in [0.3, 0.4) is 0 Å². The molecule has 0 aliphatic carbocycles. The summed E-state index contributed by atoms with van der Waals surface area (Å²) in [6.45, 7) is 2.12. The molecule has 1 unspecified atom stereocenters. The number of halogens is 1. The molecule has 3 rings (SSSR count). The zero-order chi connectivity index (χ0) is 22.1. The quantitative estimate of drug-likeness (QED) is 0.378. The summed E-state index contributed by atoms with van der Waals surface area (Å²) in [7, 11) is 0. The van der Waals surface area contributed by atoms with Crippen molar-refractivity contribution in [2.75, 3.05) is 0 Å². The second-order valence-electron chi connectivity index (χ2n) is 7.64. The molecule has 32 heavy (non-hydrogen) atoms. The zero-order valence-electron chi connectivity index (χ0n) is 18.2. The van der Waals surface area contributed by atoms with Crippen molar-refractivity contribution in [3.05, 3.63) is 90.0 Å². The van der Waals surface area contributed by atoms with Crippen LogP contribution < -0.4 is 5.32 Å². The highest BCUT2D eigenvalue weighted by molar-refractivity contribution is 5.92. The fourth-order valence-corrected chi connectivity index (χ4v) is 3.64. The largest absolute Gasteiger partial charge is 0.480 e. The molecule has 0 fully saturated rings. The maximum Gasteiger partial charge on any atom is 0.326 e. The van der Waals surface area contributed by atoms with Gasteiger partial charge in [-0.1, -0.05) is 93.3 Å². The number of aromatic nitrogens is 2. The van der Waals surface area contributed by atoms with Gasteiger partial charge < -0.3 is 15.0 Å². The van der Waals surface area contributed by atoms with Gasteiger partial charge in [-0.05, 0) is 17.5 Å². The summed E-state index contributed by atoms with van der Waals surface area (Å²) in [5.74, 6) is -1.25. The van der Waals surface area contributed by atoms with Gasteiger partial charge >= 0.3 is 5.97 Å². The fourth-order valence-electron chi connectivity index (χ4n) is 3.64. The molecule has 1 amide bonds. The third-order valence-corrected chi connectivity index (χ3v) is 5.35. The topological polar surface area (TPSA) is 84.2 Å². The Balaban J connectivity index is 0.00000363. The number of amides is 1. The Morgan fingerprint density at radius 1 is 0.969 bits per heavy atom. The average Bonchev–Trinajstić information content (AvgIpc) is 3.28. The van der Waals surface area contributed by atoms with Crippen LogP contribution in [0.4, 0.5) is 0 Å². The van der Waals surface area contributed by atoms with Crippen molar-refractivity contribution < 1.29 is 14.7 Å². The van der Waals surface area contributed by atoms with Gasteiger partial charge in [0, 0.05) is 6.20 Å². The number of carbonyl (C=O) groups is 2. The van der Waals surface area contributed by atoms with E-state index in [1.807, 2.05) is 60.7 Å². The minimum absolute atomic E-state index is 0. The Kier molecular flexibility index (Phi) is 9.95. The second-order valence-corrected chi connectivity index (χ2v) is 7.64. The first-order valence-corrected chi connectivity index (χ1v) is 10.8. The Hall–Kier alpha value is -3.12. The van der Waals surface area contributed by atoms with Crippen molar-refractivity contribution in [3.8, 4) is 0 Å². The first-order chi connectivity index (χ1) is 15.1. The highest BCUT2D eigenvalue weighted by Gasteiger charge is 2.23. The van der Waals surface area contributed by atoms with E-state index in [0.29, 0.717) is 6.42 Å².